The normalized spacial score (nSPS) is 24.7. The van der Waals surface area contributed by atoms with Gasteiger partial charge in [0.05, 0.1) is 29.9 Å². The van der Waals surface area contributed by atoms with E-state index in [1.807, 2.05) is 37.3 Å². The number of benzene rings is 3. The molecule has 0 amide bonds. The van der Waals surface area contributed by atoms with Gasteiger partial charge in [0.2, 0.25) is 5.78 Å². The van der Waals surface area contributed by atoms with Crippen LogP contribution in [0, 0.1) is 0 Å². The highest BCUT2D eigenvalue weighted by atomic mass is 16.5. The van der Waals surface area contributed by atoms with Gasteiger partial charge in [-0.3, -0.25) is 14.5 Å². The monoisotopic (exact) mass is 471 g/mol. The Hall–Kier alpha value is -3.68. The molecule has 0 aromatic heterocycles. The summed E-state index contributed by atoms with van der Waals surface area (Å²) < 4.78 is 5.33. The second kappa shape index (κ2) is 7.41. The van der Waals surface area contributed by atoms with Gasteiger partial charge in [-0.25, -0.2) is 0 Å². The Labute approximate surface area is 202 Å². The summed E-state index contributed by atoms with van der Waals surface area (Å²) in [6.07, 6.45) is -0.154. The zero-order valence-electron chi connectivity index (χ0n) is 19.4. The molecule has 3 aromatic rings. The zero-order chi connectivity index (χ0) is 24.6. The molecule has 3 aromatic carbocycles. The number of fused-ring (bicyclic) bond motifs is 6. The van der Waals surface area contributed by atoms with Gasteiger partial charge in [0.15, 0.2) is 5.78 Å². The Morgan fingerprint density at radius 2 is 1.69 bits per heavy atom. The molecule has 35 heavy (non-hydrogen) atoms. The van der Waals surface area contributed by atoms with E-state index in [1.54, 1.807) is 12.1 Å². The van der Waals surface area contributed by atoms with Crippen LogP contribution in [0.1, 0.15) is 67.9 Å². The first-order valence-corrected chi connectivity index (χ1v) is 11.6. The summed E-state index contributed by atoms with van der Waals surface area (Å²) >= 11 is 0. The largest absolute Gasteiger partial charge is 0.507 e. The fourth-order valence-corrected chi connectivity index (χ4v) is 6.22. The summed E-state index contributed by atoms with van der Waals surface area (Å²) in [6, 6.07) is 14.1. The number of methoxy groups -OCH3 is 1. The van der Waals surface area contributed by atoms with E-state index in [9.17, 15) is 24.9 Å². The van der Waals surface area contributed by atoms with Gasteiger partial charge in [-0.15, -0.1) is 0 Å². The van der Waals surface area contributed by atoms with Gasteiger partial charge in [-0.05, 0) is 31.4 Å². The first-order valence-electron chi connectivity index (χ1n) is 11.6. The van der Waals surface area contributed by atoms with Crippen molar-refractivity contribution in [2.75, 3.05) is 7.11 Å². The molecule has 7 heteroatoms. The predicted molar refractivity (Wildman–Crippen MR) is 127 cm³/mol. The molecule has 3 aliphatic rings. The average Bonchev–Trinajstić information content (AvgIpc) is 3.01. The number of hydrogen-bond acceptors (Lipinski definition) is 7. The van der Waals surface area contributed by atoms with Crippen molar-refractivity contribution >= 4 is 11.6 Å². The molecule has 178 valence electrons. The van der Waals surface area contributed by atoms with Gasteiger partial charge in [0.25, 0.3) is 0 Å². The Morgan fingerprint density at radius 1 is 0.971 bits per heavy atom. The standard InChI is InChI=1S/C28H25NO6/c1-28-12-16-20(17(11-19(28)30)29(28)13-14-7-4-3-5-8-14)26(33)23-22(25(16)32)24(31)15-9-6-10-18(35-2)21(15)27(23)34/h3-10,17,19,30,32-33H,11-13H2,1-2H3. The van der Waals surface area contributed by atoms with Crippen LogP contribution in [0.5, 0.6) is 17.2 Å². The van der Waals surface area contributed by atoms with Crippen LogP contribution in [0.15, 0.2) is 48.5 Å². The van der Waals surface area contributed by atoms with E-state index in [4.69, 9.17) is 4.74 Å². The van der Waals surface area contributed by atoms with E-state index in [0.717, 1.165) is 5.56 Å². The van der Waals surface area contributed by atoms with Gasteiger partial charge in [0, 0.05) is 34.8 Å². The van der Waals surface area contributed by atoms with E-state index in [1.165, 1.54) is 13.2 Å². The average molecular weight is 472 g/mol. The number of aliphatic hydroxyl groups is 1. The number of nitrogens with zero attached hydrogens (tertiary/aromatic N) is 1. The summed E-state index contributed by atoms with van der Waals surface area (Å²) in [5, 5.41) is 34.0. The van der Waals surface area contributed by atoms with Crippen molar-refractivity contribution in [3.63, 3.8) is 0 Å². The lowest BCUT2D eigenvalue weighted by molar-refractivity contribution is 0.0183. The van der Waals surface area contributed by atoms with Crippen molar-refractivity contribution in [3.8, 4) is 17.2 Å². The van der Waals surface area contributed by atoms with Crippen molar-refractivity contribution in [1.82, 2.24) is 4.90 Å². The van der Waals surface area contributed by atoms with Crippen LogP contribution in [-0.2, 0) is 13.0 Å². The number of aliphatic hydroxyl groups excluding tert-OH is 1. The number of ketones is 2. The topological polar surface area (TPSA) is 107 Å². The zero-order valence-corrected chi connectivity index (χ0v) is 19.4. The molecule has 2 heterocycles. The van der Waals surface area contributed by atoms with Crippen LogP contribution in [0.4, 0.5) is 0 Å². The number of carbonyl (C=O) groups excluding carboxylic acids is 2. The molecule has 2 aliphatic heterocycles. The quantitative estimate of drug-likeness (QED) is 0.393. The van der Waals surface area contributed by atoms with Crippen LogP contribution in [0.25, 0.3) is 0 Å². The van der Waals surface area contributed by atoms with Crippen molar-refractivity contribution in [2.45, 2.75) is 44.0 Å². The minimum Gasteiger partial charge on any atom is -0.507 e. The summed E-state index contributed by atoms with van der Waals surface area (Å²) in [6.45, 7) is 2.46. The van der Waals surface area contributed by atoms with Crippen LogP contribution < -0.4 is 4.74 Å². The number of ether oxygens (including phenoxy) is 1. The first kappa shape index (κ1) is 21.8. The molecule has 1 fully saturated rings. The predicted octanol–water partition coefficient (Wildman–Crippen LogP) is 3.50. The van der Waals surface area contributed by atoms with Crippen molar-refractivity contribution < 1.29 is 29.6 Å². The number of aromatic hydroxyl groups is 2. The second-order valence-electron chi connectivity index (χ2n) is 9.80. The number of phenolic OH excluding ortho intramolecular Hbond substituents is 2. The van der Waals surface area contributed by atoms with Crippen LogP contribution in [0.3, 0.4) is 0 Å². The summed E-state index contributed by atoms with van der Waals surface area (Å²) in [4.78, 5) is 29.2. The molecule has 3 atom stereocenters. The highest BCUT2D eigenvalue weighted by molar-refractivity contribution is 6.31. The molecular formula is C28H25NO6. The fraction of sp³-hybridized carbons (Fsp3) is 0.286. The van der Waals surface area contributed by atoms with Gasteiger partial charge in [-0.1, -0.05) is 42.5 Å². The first-order chi connectivity index (χ1) is 16.8. The fourth-order valence-electron chi connectivity index (χ4n) is 6.22. The van der Waals surface area contributed by atoms with Gasteiger partial charge >= 0.3 is 0 Å². The summed E-state index contributed by atoms with van der Waals surface area (Å²) in [7, 11) is 1.41. The summed E-state index contributed by atoms with van der Waals surface area (Å²) in [5.74, 6) is -1.46. The lowest BCUT2D eigenvalue weighted by Crippen LogP contribution is -2.52. The maximum Gasteiger partial charge on any atom is 0.202 e. The lowest BCUT2D eigenvalue weighted by atomic mass is 9.76. The molecule has 1 aliphatic carbocycles. The van der Waals surface area contributed by atoms with Gasteiger partial charge < -0.3 is 20.1 Å². The number of rotatable bonds is 3. The van der Waals surface area contributed by atoms with E-state index >= 15 is 0 Å². The van der Waals surface area contributed by atoms with Gasteiger partial charge in [-0.2, -0.15) is 0 Å². The van der Waals surface area contributed by atoms with Crippen molar-refractivity contribution in [2.24, 2.45) is 0 Å². The third-order valence-corrected chi connectivity index (χ3v) is 8.02. The molecule has 1 saturated heterocycles. The smallest absolute Gasteiger partial charge is 0.202 e. The van der Waals surface area contributed by atoms with E-state index in [-0.39, 0.29) is 45.9 Å². The number of hydrogen-bond donors (Lipinski definition) is 3. The van der Waals surface area contributed by atoms with Gasteiger partial charge in [0.1, 0.15) is 17.2 Å². The Balaban J connectivity index is 1.56. The molecule has 3 unspecified atom stereocenters. The van der Waals surface area contributed by atoms with Crippen molar-refractivity contribution in [3.05, 3.63) is 87.5 Å². The molecule has 0 spiro atoms. The third-order valence-electron chi connectivity index (χ3n) is 8.02. The van der Waals surface area contributed by atoms with Crippen molar-refractivity contribution in [1.29, 1.82) is 0 Å². The SMILES string of the molecule is COc1cccc2c1C(=O)c1c(O)c3c(c(O)c1C2=O)CC1(C)C(O)CC3N1Cc1ccccc1. The maximum absolute atomic E-state index is 13.6. The summed E-state index contributed by atoms with van der Waals surface area (Å²) in [5.41, 5.74) is 0.992. The molecule has 7 nitrogen and oxygen atoms in total. The Morgan fingerprint density at radius 3 is 2.40 bits per heavy atom. The minimum absolute atomic E-state index is 0.0791. The highest BCUT2D eigenvalue weighted by Gasteiger charge is 2.56. The highest BCUT2D eigenvalue weighted by Crippen LogP contribution is 2.57. The molecule has 2 bridgehead atoms. The van der Waals surface area contributed by atoms with E-state index < -0.39 is 29.3 Å². The van der Waals surface area contributed by atoms with Crippen LogP contribution in [0.2, 0.25) is 0 Å². The molecule has 3 N–H and O–H groups in total. The third kappa shape index (κ3) is 2.79. The van der Waals surface area contributed by atoms with E-state index in [0.29, 0.717) is 24.1 Å². The molecule has 6 rings (SSSR count). The van der Waals surface area contributed by atoms with Crippen LogP contribution in [-0.4, -0.2) is 50.5 Å². The maximum atomic E-state index is 13.6. The molecule has 0 radical (unpaired) electrons. The number of phenols is 2. The Kier molecular flexibility index (Phi) is 4.62. The molecule has 0 saturated carbocycles. The minimum atomic E-state index is -0.719. The van der Waals surface area contributed by atoms with E-state index in [2.05, 4.69) is 4.90 Å². The van der Waals surface area contributed by atoms with Crippen LogP contribution >= 0.6 is 0 Å². The lowest BCUT2D eigenvalue weighted by Gasteiger charge is -2.45. The Bertz CT molecular complexity index is 1410. The second-order valence-corrected chi connectivity index (χ2v) is 9.80. The molecular weight excluding hydrogens is 446 g/mol. The number of carbonyl (C=O) groups is 2.